The van der Waals surface area contributed by atoms with Gasteiger partial charge in [0.05, 0.1) is 5.02 Å². The molecule has 114 valence electrons. The van der Waals surface area contributed by atoms with Crippen molar-refractivity contribution in [2.75, 3.05) is 6.61 Å². The minimum absolute atomic E-state index is 0.0227. The van der Waals surface area contributed by atoms with E-state index in [1.807, 2.05) is 12.1 Å². The second-order valence-corrected chi connectivity index (χ2v) is 6.82. The quantitative estimate of drug-likeness (QED) is 0.901. The van der Waals surface area contributed by atoms with Gasteiger partial charge in [-0.3, -0.25) is 4.79 Å². The highest BCUT2D eigenvalue weighted by Gasteiger charge is 2.42. The fraction of sp³-hybridized carbons (Fsp3) is 0.588. The van der Waals surface area contributed by atoms with E-state index in [1.54, 1.807) is 12.1 Å². The first kappa shape index (κ1) is 14.7. The lowest BCUT2D eigenvalue weighted by molar-refractivity contribution is -0.124. The van der Waals surface area contributed by atoms with Gasteiger partial charge in [0.2, 0.25) is 0 Å². The van der Waals surface area contributed by atoms with Crippen molar-refractivity contribution in [1.82, 2.24) is 5.32 Å². The maximum absolute atomic E-state index is 12.0. The Hall–Kier alpha value is -1.22. The summed E-state index contributed by atoms with van der Waals surface area (Å²) in [4.78, 5) is 12.0. The average Bonchev–Trinajstić information content (AvgIpc) is 3.09. The number of hydrogen-bond donors (Lipinski definition) is 1. The summed E-state index contributed by atoms with van der Waals surface area (Å²) < 4.78 is 5.48. The van der Waals surface area contributed by atoms with Gasteiger partial charge in [-0.05, 0) is 56.1 Å². The fourth-order valence-electron chi connectivity index (χ4n) is 4.01. The lowest BCUT2D eigenvalue weighted by atomic mass is 9.84. The summed E-state index contributed by atoms with van der Waals surface area (Å²) in [6, 6.07) is 7.45. The smallest absolute Gasteiger partial charge is 0.258 e. The molecule has 2 aliphatic rings. The summed E-state index contributed by atoms with van der Waals surface area (Å²) in [5.41, 5.74) is 0. The Kier molecular flexibility index (Phi) is 4.39. The molecule has 0 aliphatic heterocycles. The average molecular weight is 308 g/mol. The molecule has 21 heavy (non-hydrogen) atoms. The van der Waals surface area contributed by atoms with E-state index in [0.29, 0.717) is 16.7 Å². The maximum atomic E-state index is 12.0. The van der Waals surface area contributed by atoms with Crippen molar-refractivity contribution < 1.29 is 9.53 Å². The Labute approximate surface area is 131 Å². The van der Waals surface area contributed by atoms with Gasteiger partial charge in [0, 0.05) is 6.04 Å². The van der Waals surface area contributed by atoms with Crippen LogP contribution in [0.2, 0.25) is 5.02 Å². The van der Waals surface area contributed by atoms with Crippen molar-refractivity contribution in [3.63, 3.8) is 0 Å². The van der Waals surface area contributed by atoms with Crippen LogP contribution in [0, 0.1) is 17.8 Å². The molecule has 0 radical (unpaired) electrons. The Morgan fingerprint density at radius 2 is 2.19 bits per heavy atom. The number of fused-ring (bicyclic) bond motifs is 2. The van der Waals surface area contributed by atoms with E-state index < -0.39 is 0 Å². The molecule has 2 bridgehead atoms. The molecule has 2 fully saturated rings. The molecule has 2 aliphatic carbocycles. The van der Waals surface area contributed by atoms with Crippen molar-refractivity contribution in [2.45, 2.75) is 38.6 Å². The molecule has 1 N–H and O–H groups in total. The second kappa shape index (κ2) is 6.27. The van der Waals surface area contributed by atoms with Crippen LogP contribution in [-0.2, 0) is 4.79 Å². The molecule has 3 nitrogen and oxygen atoms in total. The van der Waals surface area contributed by atoms with Crippen molar-refractivity contribution in [3.8, 4) is 5.75 Å². The Bertz CT molecular complexity index is 519. The first-order valence-electron chi connectivity index (χ1n) is 7.80. The van der Waals surface area contributed by atoms with Crippen LogP contribution in [0.15, 0.2) is 24.3 Å². The largest absolute Gasteiger partial charge is 0.482 e. The van der Waals surface area contributed by atoms with Crippen LogP contribution in [0.25, 0.3) is 0 Å². The van der Waals surface area contributed by atoms with E-state index in [0.717, 1.165) is 11.8 Å². The van der Waals surface area contributed by atoms with E-state index in [2.05, 4.69) is 12.2 Å². The van der Waals surface area contributed by atoms with Crippen LogP contribution in [0.4, 0.5) is 0 Å². The van der Waals surface area contributed by atoms with Crippen molar-refractivity contribution in [1.29, 1.82) is 0 Å². The van der Waals surface area contributed by atoms with Crippen LogP contribution >= 0.6 is 11.6 Å². The molecule has 0 unspecified atom stereocenters. The van der Waals surface area contributed by atoms with Gasteiger partial charge in [-0.25, -0.2) is 0 Å². The van der Waals surface area contributed by atoms with Gasteiger partial charge in [-0.2, -0.15) is 0 Å². The molecule has 4 atom stereocenters. The zero-order chi connectivity index (χ0) is 14.8. The number of nitrogens with one attached hydrogen (secondary N) is 1. The Morgan fingerprint density at radius 3 is 2.86 bits per heavy atom. The number of carbonyl (C=O) groups is 1. The summed E-state index contributed by atoms with van der Waals surface area (Å²) in [5.74, 6) is 2.86. The topological polar surface area (TPSA) is 38.3 Å². The minimum Gasteiger partial charge on any atom is -0.482 e. The molecule has 1 amide bonds. The lowest BCUT2D eigenvalue weighted by Gasteiger charge is -2.28. The number of benzene rings is 1. The van der Waals surface area contributed by atoms with E-state index in [4.69, 9.17) is 16.3 Å². The summed E-state index contributed by atoms with van der Waals surface area (Å²) in [5, 5.41) is 3.62. The predicted octanol–water partition coefficient (Wildman–Crippen LogP) is 3.66. The second-order valence-electron chi connectivity index (χ2n) is 6.41. The van der Waals surface area contributed by atoms with E-state index in [1.165, 1.54) is 25.7 Å². The molecule has 1 aromatic carbocycles. The third kappa shape index (κ3) is 3.34. The summed E-state index contributed by atoms with van der Waals surface area (Å²) >= 11 is 6.00. The SMILES string of the molecule is C[C@@H](NC(=O)COc1ccccc1Cl)[C@H]1C[C@H]2CC[C@H]1C2. The molecule has 4 heteroatoms. The summed E-state index contributed by atoms with van der Waals surface area (Å²) in [7, 11) is 0. The first-order valence-corrected chi connectivity index (χ1v) is 8.18. The first-order chi connectivity index (χ1) is 10.1. The molecule has 3 rings (SSSR count). The highest BCUT2D eigenvalue weighted by atomic mass is 35.5. The number of ether oxygens (including phenoxy) is 1. The number of rotatable bonds is 5. The van der Waals surface area contributed by atoms with E-state index >= 15 is 0 Å². The number of para-hydroxylation sites is 1. The van der Waals surface area contributed by atoms with Gasteiger partial charge >= 0.3 is 0 Å². The van der Waals surface area contributed by atoms with Gasteiger partial charge in [-0.1, -0.05) is 30.2 Å². The highest BCUT2D eigenvalue weighted by Crippen LogP contribution is 2.49. The highest BCUT2D eigenvalue weighted by molar-refractivity contribution is 6.32. The van der Waals surface area contributed by atoms with Crippen molar-refractivity contribution in [2.24, 2.45) is 17.8 Å². The van der Waals surface area contributed by atoms with Crippen LogP contribution in [0.3, 0.4) is 0 Å². The molecular formula is C17H22ClNO2. The zero-order valence-electron chi connectivity index (χ0n) is 12.3. The third-order valence-electron chi connectivity index (χ3n) is 5.02. The fourth-order valence-corrected chi connectivity index (χ4v) is 4.20. The molecule has 0 heterocycles. The van der Waals surface area contributed by atoms with Crippen LogP contribution in [0.1, 0.15) is 32.6 Å². The number of hydrogen-bond acceptors (Lipinski definition) is 2. The minimum atomic E-state index is -0.0646. The molecule has 0 aromatic heterocycles. The van der Waals surface area contributed by atoms with Gasteiger partial charge in [0.1, 0.15) is 5.75 Å². The van der Waals surface area contributed by atoms with E-state index in [9.17, 15) is 4.79 Å². The van der Waals surface area contributed by atoms with Gasteiger partial charge in [0.15, 0.2) is 6.61 Å². The Balaban J connectivity index is 1.47. The molecule has 2 saturated carbocycles. The van der Waals surface area contributed by atoms with Crippen molar-refractivity contribution in [3.05, 3.63) is 29.3 Å². The number of carbonyl (C=O) groups excluding carboxylic acids is 1. The van der Waals surface area contributed by atoms with Crippen molar-refractivity contribution >= 4 is 17.5 Å². The van der Waals surface area contributed by atoms with Gasteiger partial charge in [0.25, 0.3) is 5.91 Å². The molecule has 0 spiro atoms. The van der Waals surface area contributed by atoms with Gasteiger partial charge < -0.3 is 10.1 Å². The standard InChI is InChI=1S/C17H22ClNO2/c1-11(14-9-12-6-7-13(14)8-12)19-17(20)10-21-16-5-3-2-4-15(16)18/h2-5,11-14H,6-10H2,1H3,(H,19,20)/t11-,12+,13+,14-/m1/s1. The van der Waals surface area contributed by atoms with Crippen LogP contribution in [-0.4, -0.2) is 18.6 Å². The lowest BCUT2D eigenvalue weighted by Crippen LogP contribution is -2.42. The summed E-state index contributed by atoms with van der Waals surface area (Å²) in [6.45, 7) is 2.15. The molecular weight excluding hydrogens is 286 g/mol. The Morgan fingerprint density at radius 1 is 1.38 bits per heavy atom. The summed E-state index contributed by atoms with van der Waals surface area (Å²) in [6.07, 6.45) is 5.36. The third-order valence-corrected chi connectivity index (χ3v) is 5.33. The number of amides is 1. The predicted molar refractivity (Wildman–Crippen MR) is 83.5 cm³/mol. The van der Waals surface area contributed by atoms with Crippen LogP contribution < -0.4 is 10.1 Å². The monoisotopic (exact) mass is 307 g/mol. The maximum Gasteiger partial charge on any atom is 0.258 e. The van der Waals surface area contributed by atoms with Crippen LogP contribution in [0.5, 0.6) is 5.75 Å². The number of halogens is 1. The molecule has 0 saturated heterocycles. The zero-order valence-corrected chi connectivity index (χ0v) is 13.1. The normalized spacial score (nSPS) is 28.4. The van der Waals surface area contributed by atoms with E-state index in [-0.39, 0.29) is 18.6 Å². The molecule has 1 aromatic rings. The van der Waals surface area contributed by atoms with Gasteiger partial charge in [-0.15, -0.1) is 0 Å².